The van der Waals surface area contributed by atoms with E-state index in [1.807, 2.05) is 34.0 Å². The molecule has 2 saturated carbocycles. The molecule has 3 aliphatic rings. The van der Waals surface area contributed by atoms with Crippen molar-refractivity contribution in [3.05, 3.63) is 35.7 Å². The van der Waals surface area contributed by atoms with Crippen molar-refractivity contribution < 1.29 is 8.78 Å². The molecule has 3 aromatic rings. The van der Waals surface area contributed by atoms with Crippen molar-refractivity contribution in [3.63, 3.8) is 0 Å². The number of hydrogen-bond donors (Lipinski definition) is 0. The molecule has 2 aromatic heterocycles. The number of hydrogen-bond acceptors (Lipinski definition) is 3. The summed E-state index contributed by atoms with van der Waals surface area (Å²) in [7, 11) is 0. The molecule has 2 aliphatic carbocycles. The van der Waals surface area contributed by atoms with Crippen molar-refractivity contribution in [1.29, 1.82) is 0 Å². The summed E-state index contributed by atoms with van der Waals surface area (Å²) in [6.45, 7) is 1.52. The first-order chi connectivity index (χ1) is 14.4. The minimum absolute atomic E-state index is 0.0352. The monoisotopic (exact) mass is 431 g/mol. The van der Waals surface area contributed by atoms with Crippen molar-refractivity contribution in [1.82, 2.24) is 19.6 Å². The van der Waals surface area contributed by atoms with Gasteiger partial charge in [0.15, 0.2) is 0 Å². The summed E-state index contributed by atoms with van der Waals surface area (Å²) in [5.74, 6) is -2.49. The summed E-state index contributed by atoms with van der Waals surface area (Å²) in [6.07, 6.45) is 10.4. The number of rotatable bonds is 3. The number of fused-ring (bicyclic) bond motifs is 1. The molecule has 0 radical (unpaired) electrons. The minimum atomic E-state index is -2.49. The highest BCUT2D eigenvalue weighted by Crippen LogP contribution is 2.53. The Labute approximate surface area is 178 Å². The predicted molar refractivity (Wildman–Crippen MR) is 113 cm³/mol. The van der Waals surface area contributed by atoms with Crippen molar-refractivity contribution >= 4 is 28.2 Å². The number of nitrogens with zero attached hydrogens (tertiary/aromatic N) is 5. The van der Waals surface area contributed by atoms with Crippen LogP contribution in [-0.4, -0.2) is 38.6 Å². The Balaban J connectivity index is 1.29. The average molecular weight is 432 g/mol. The highest BCUT2D eigenvalue weighted by molar-refractivity contribution is 6.34. The first-order valence-corrected chi connectivity index (χ1v) is 11.1. The zero-order chi connectivity index (χ0) is 20.5. The molecule has 0 atom stereocenters. The number of aromatic nitrogens is 4. The van der Waals surface area contributed by atoms with Gasteiger partial charge in [-0.15, -0.1) is 0 Å². The van der Waals surface area contributed by atoms with Crippen LogP contribution in [0.25, 0.3) is 16.6 Å². The van der Waals surface area contributed by atoms with Gasteiger partial charge in [0.1, 0.15) is 5.69 Å². The second kappa shape index (κ2) is 6.42. The lowest BCUT2D eigenvalue weighted by molar-refractivity contribution is -0.00681. The Morgan fingerprint density at radius 3 is 2.50 bits per heavy atom. The summed E-state index contributed by atoms with van der Waals surface area (Å²) in [5, 5.41) is 10.7. The molecule has 0 bridgehead atoms. The van der Waals surface area contributed by atoms with Gasteiger partial charge in [-0.3, -0.25) is 4.68 Å². The van der Waals surface area contributed by atoms with Crippen LogP contribution < -0.4 is 4.90 Å². The van der Waals surface area contributed by atoms with Gasteiger partial charge in [0.2, 0.25) is 5.92 Å². The third-order valence-electron chi connectivity index (χ3n) is 7.21. The van der Waals surface area contributed by atoms with E-state index in [1.54, 1.807) is 0 Å². The summed E-state index contributed by atoms with van der Waals surface area (Å²) in [6, 6.07) is 4.56. The summed E-state index contributed by atoms with van der Waals surface area (Å²) >= 11 is 6.63. The largest absolute Gasteiger partial charge is 0.370 e. The van der Waals surface area contributed by atoms with E-state index in [-0.39, 0.29) is 18.3 Å². The van der Waals surface area contributed by atoms with Gasteiger partial charge in [-0.2, -0.15) is 10.2 Å². The van der Waals surface area contributed by atoms with Crippen LogP contribution in [0.2, 0.25) is 5.02 Å². The Hall–Kier alpha value is -2.15. The van der Waals surface area contributed by atoms with E-state index in [1.165, 1.54) is 12.8 Å². The van der Waals surface area contributed by atoms with Crippen LogP contribution in [0, 0.1) is 5.41 Å². The van der Waals surface area contributed by atoms with E-state index < -0.39 is 5.92 Å². The van der Waals surface area contributed by atoms with Crippen molar-refractivity contribution in [3.8, 4) is 5.69 Å². The molecule has 0 amide bonds. The lowest BCUT2D eigenvalue weighted by Gasteiger charge is -2.40. The van der Waals surface area contributed by atoms with Crippen molar-refractivity contribution in [2.45, 2.75) is 56.9 Å². The van der Waals surface area contributed by atoms with E-state index in [0.29, 0.717) is 17.5 Å². The molecule has 0 N–H and O–H groups in total. The highest BCUT2D eigenvalue weighted by Gasteiger charge is 2.50. The second-order valence-electron chi connectivity index (χ2n) is 9.35. The van der Waals surface area contributed by atoms with E-state index in [2.05, 4.69) is 21.2 Å². The van der Waals surface area contributed by atoms with Crippen molar-refractivity contribution in [2.75, 3.05) is 18.0 Å². The molecule has 1 spiro atoms. The van der Waals surface area contributed by atoms with Crippen LogP contribution in [0.1, 0.15) is 51.0 Å². The average Bonchev–Trinajstić information content (AvgIpc) is 3.18. The van der Waals surface area contributed by atoms with Gasteiger partial charge >= 0.3 is 0 Å². The van der Waals surface area contributed by atoms with Gasteiger partial charge in [-0.25, -0.2) is 13.5 Å². The van der Waals surface area contributed by atoms with Gasteiger partial charge in [0.25, 0.3) is 0 Å². The highest BCUT2D eigenvalue weighted by atomic mass is 35.5. The lowest BCUT2D eigenvalue weighted by atomic mass is 9.77. The summed E-state index contributed by atoms with van der Waals surface area (Å²) in [5.41, 5.74) is 2.68. The molecule has 3 fully saturated rings. The van der Waals surface area contributed by atoms with Crippen LogP contribution in [-0.2, 0) is 0 Å². The first kappa shape index (κ1) is 18.6. The number of anilines is 1. The molecule has 8 heteroatoms. The SMILES string of the molecule is FC1(F)CCC2(CCN(c3cc4c(cnn4-c4cnn(C5CC5)c4)cc3Cl)CC2)C1. The quantitative estimate of drug-likeness (QED) is 0.540. The van der Waals surface area contributed by atoms with Crippen LogP contribution >= 0.6 is 11.6 Å². The van der Waals surface area contributed by atoms with Gasteiger partial charge in [0.05, 0.1) is 40.9 Å². The number of alkyl halides is 2. The third kappa shape index (κ3) is 3.09. The van der Waals surface area contributed by atoms with Crippen LogP contribution in [0.3, 0.4) is 0 Å². The van der Waals surface area contributed by atoms with Gasteiger partial charge in [-0.1, -0.05) is 11.6 Å². The Morgan fingerprint density at radius 2 is 1.80 bits per heavy atom. The fraction of sp³-hybridized carbons (Fsp3) is 0.545. The first-order valence-electron chi connectivity index (χ1n) is 10.8. The Bertz CT molecular complexity index is 1110. The zero-order valence-corrected chi connectivity index (χ0v) is 17.5. The lowest BCUT2D eigenvalue weighted by Crippen LogP contribution is -2.39. The van der Waals surface area contributed by atoms with Crippen LogP contribution in [0.4, 0.5) is 14.5 Å². The van der Waals surface area contributed by atoms with Crippen molar-refractivity contribution in [2.24, 2.45) is 5.41 Å². The molecule has 3 heterocycles. The summed E-state index contributed by atoms with van der Waals surface area (Å²) < 4.78 is 31.5. The predicted octanol–water partition coefficient (Wildman–Crippen LogP) is 5.62. The van der Waals surface area contributed by atoms with Gasteiger partial charge in [0, 0.05) is 31.3 Å². The molecule has 1 aliphatic heterocycles. The fourth-order valence-electron chi connectivity index (χ4n) is 5.28. The van der Waals surface area contributed by atoms with Gasteiger partial charge < -0.3 is 4.90 Å². The normalized spacial score (nSPS) is 23.0. The minimum Gasteiger partial charge on any atom is -0.370 e. The molecular formula is C22H24ClF2N5. The Morgan fingerprint density at radius 1 is 1.00 bits per heavy atom. The third-order valence-corrected chi connectivity index (χ3v) is 7.51. The van der Waals surface area contributed by atoms with E-state index >= 15 is 0 Å². The zero-order valence-electron chi connectivity index (χ0n) is 16.7. The Kier molecular flexibility index (Phi) is 3.98. The topological polar surface area (TPSA) is 38.9 Å². The summed E-state index contributed by atoms with van der Waals surface area (Å²) in [4.78, 5) is 2.24. The van der Waals surface area contributed by atoms with E-state index in [4.69, 9.17) is 11.6 Å². The molecular weight excluding hydrogens is 408 g/mol. The van der Waals surface area contributed by atoms with Crippen LogP contribution in [0.15, 0.2) is 30.7 Å². The molecule has 158 valence electrons. The molecule has 30 heavy (non-hydrogen) atoms. The second-order valence-corrected chi connectivity index (χ2v) is 9.76. The smallest absolute Gasteiger partial charge is 0.248 e. The molecule has 6 rings (SSSR count). The number of benzene rings is 1. The maximum Gasteiger partial charge on any atom is 0.248 e. The van der Waals surface area contributed by atoms with E-state index in [0.717, 1.165) is 48.2 Å². The van der Waals surface area contributed by atoms with Crippen LogP contribution in [0.5, 0.6) is 0 Å². The van der Waals surface area contributed by atoms with Gasteiger partial charge in [-0.05, 0) is 49.7 Å². The molecule has 1 saturated heterocycles. The molecule has 0 unspecified atom stereocenters. The maximum atomic E-state index is 13.8. The standard InChI is InChI=1S/C22H24ClF2N5/c23-18-9-15-11-27-30(17-12-26-29(13-17)16-1-2-16)19(15)10-20(18)28-7-5-21(6-8-28)3-4-22(24,25)14-21/h9-13,16H,1-8,14H2. The fourth-order valence-corrected chi connectivity index (χ4v) is 5.57. The number of piperidine rings is 1. The number of halogens is 3. The van der Waals surface area contributed by atoms with E-state index in [9.17, 15) is 8.78 Å². The molecule has 1 aromatic carbocycles. The molecule has 5 nitrogen and oxygen atoms in total. The maximum absolute atomic E-state index is 13.8.